The minimum Gasteiger partial charge on any atom is -0.404 e. The molecular formula is C18H15O4P. The van der Waals surface area contributed by atoms with Crippen LogP contribution in [-0.4, -0.2) is 9.79 Å². The third kappa shape index (κ3) is 4.08. The van der Waals surface area contributed by atoms with Gasteiger partial charge in [0.05, 0.1) is 0 Å². The third-order valence-electron chi connectivity index (χ3n) is 3.40. The second-order valence-electron chi connectivity index (χ2n) is 5.05. The van der Waals surface area contributed by atoms with Crippen molar-refractivity contribution in [3.63, 3.8) is 0 Å². The van der Waals surface area contributed by atoms with Gasteiger partial charge in [-0.1, -0.05) is 66.7 Å². The van der Waals surface area contributed by atoms with Crippen molar-refractivity contribution in [2.75, 3.05) is 0 Å². The summed E-state index contributed by atoms with van der Waals surface area (Å²) in [7, 11) is -4.52. The molecule has 0 amide bonds. The van der Waals surface area contributed by atoms with Crippen LogP contribution in [0.2, 0.25) is 0 Å². The molecule has 0 saturated carbocycles. The third-order valence-corrected chi connectivity index (χ3v) is 3.85. The van der Waals surface area contributed by atoms with Gasteiger partial charge >= 0.3 is 7.82 Å². The van der Waals surface area contributed by atoms with E-state index in [1.54, 1.807) is 24.3 Å². The van der Waals surface area contributed by atoms with Crippen molar-refractivity contribution in [2.24, 2.45) is 0 Å². The highest BCUT2D eigenvalue weighted by molar-refractivity contribution is 7.46. The van der Waals surface area contributed by atoms with E-state index in [2.05, 4.69) is 16.7 Å². The summed E-state index contributed by atoms with van der Waals surface area (Å²) in [6.07, 6.45) is 0. The van der Waals surface area contributed by atoms with E-state index in [4.69, 9.17) is 9.79 Å². The van der Waals surface area contributed by atoms with Crippen molar-refractivity contribution in [2.45, 2.75) is 0 Å². The summed E-state index contributed by atoms with van der Waals surface area (Å²) in [4.78, 5) is 17.6. The summed E-state index contributed by atoms with van der Waals surface area (Å²) >= 11 is 0. The van der Waals surface area contributed by atoms with Crippen LogP contribution in [0.3, 0.4) is 0 Å². The highest BCUT2D eigenvalue weighted by Crippen LogP contribution is 2.38. The molecule has 0 saturated heterocycles. The van der Waals surface area contributed by atoms with Crippen molar-refractivity contribution in [1.82, 2.24) is 0 Å². The van der Waals surface area contributed by atoms with E-state index in [9.17, 15) is 4.57 Å². The Morgan fingerprint density at radius 2 is 1.00 bits per heavy atom. The van der Waals surface area contributed by atoms with Gasteiger partial charge in [0.2, 0.25) is 0 Å². The monoisotopic (exact) mass is 326 g/mol. The minimum atomic E-state index is -4.52. The van der Waals surface area contributed by atoms with Crippen LogP contribution in [0.4, 0.5) is 0 Å². The van der Waals surface area contributed by atoms with E-state index in [1.807, 2.05) is 42.5 Å². The molecule has 2 N–H and O–H groups in total. The first-order chi connectivity index (χ1) is 11.0. The van der Waals surface area contributed by atoms with Gasteiger partial charge in [-0.05, 0) is 34.4 Å². The van der Waals surface area contributed by atoms with Crippen molar-refractivity contribution in [3.8, 4) is 28.0 Å². The zero-order valence-electron chi connectivity index (χ0n) is 12.2. The maximum Gasteiger partial charge on any atom is 0.524 e. The molecule has 0 aliphatic heterocycles. The topological polar surface area (TPSA) is 66.8 Å². The number of rotatable bonds is 4. The summed E-state index contributed by atoms with van der Waals surface area (Å²) in [5.74, 6) is 0.142. The van der Waals surface area contributed by atoms with Gasteiger partial charge < -0.3 is 4.52 Å². The lowest BCUT2D eigenvalue weighted by atomic mass is 10.0. The van der Waals surface area contributed by atoms with Crippen LogP contribution in [-0.2, 0) is 4.57 Å². The maximum absolute atomic E-state index is 10.8. The van der Waals surface area contributed by atoms with Crippen LogP contribution in [0.1, 0.15) is 0 Å². The Balaban J connectivity index is 1.81. The Hall–Kier alpha value is -2.39. The molecule has 0 aromatic heterocycles. The lowest BCUT2D eigenvalue weighted by Crippen LogP contribution is -1.89. The van der Waals surface area contributed by atoms with Gasteiger partial charge in [0.1, 0.15) is 5.75 Å². The van der Waals surface area contributed by atoms with Crippen molar-refractivity contribution in [1.29, 1.82) is 0 Å². The Labute approximate surface area is 134 Å². The van der Waals surface area contributed by atoms with Crippen molar-refractivity contribution in [3.05, 3.63) is 78.9 Å². The van der Waals surface area contributed by atoms with Crippen LogP contribution >= 0.6 is 7.82 Å². The van der Waals surface area contributed by atoms with Gasteiger partial charge in [-0.3, -0.25) is 9.79 Å². The number of phosphoric ester groups is 1. The number of benzene rings is 3. The second kappa shape index (κ2) is 6.39. The minimum absolute atomic E-state index is 0.142. The van der Waals surface area contributed by atoms with Gasteiger partial charge in [-0.15, -0.1) is 0 Å². The van der Waals surface area contributed by atoms with Gasteiger partial charge in [0.15, 0.2) is 0 Å². The van der Waals surface area contributed by atoms with Crippen LogP contribution < -0.4 is 4.52 Å². The predicted molar refractivity (Wildman–Crippen MR) is 90.0 cm³/mol. The Bertz CT molecular complexity index is 821. The molecule has 0 heterocycles. The smallest absolute Gasteiger partial charge is 0.404 e. The van der Waals surface area contributed by atoms with E-state index >= 15 is 0 Å². The van der Waals surface area contributed by atoms with Gasteiger partial charge in [-0.2, -0.15) is 0 Å². The van der Waals surface area contributed by atoms with E-state index in [1.165, 1.54) is 0 Å². The van der Waals surface area contributed by atoms with Crippen molar-refractivity contribution >= 4 is 7.82 Å². The fourth-order valence-electron chi connectivity index (χ4n) is 2.33. The fourth-order valence-corrected chi connectivity index (χ4v) is 2.73. The summed E-state index contributed by atoms with van der Waals surface area (Å²) < 4.78 is 15.3. The zero-order chi connectivity index (χ0) is 16.3. The molecule has 3 aromatic rings. The Morgan fingerprint density at radius 3 is 1.43 bits per heavy atom. The van der Waals surface area contributed by atoms with Crippen LogP contribution in [0.15, 0.2) is 78.9 Å². The molecular weight excluding hydrogens is 311 g/mol. The molecule has 3 aromatic carbocycles. The molecule has 0 spiro atoms. The van der Waals surface area contributed by atoms with Crippen LogP contribution in [0, 0.1) is 0 Å². The second-order valence-corrected chi connectivity index (χ2v) is 6.21. The highest BCUT2D eigenvalue weighted by Gasteiger charge is 2.15. The summed E-state index contributed by atoms with van der Waals surface area (Å²) in [6.45, 7) is 0. The number of hydrogen-bond acceptors (Lipinski definition) is 2. The van der Waals surface area contributed by atoms with Gasteiger partial charge in [0, 0.05) is 0 Å². The van der Waals surface area contributed by atoms with Gasteiger partial charge in [0.25, 0.3) is 0 Å². The largest absolute Gasteiger partial charge is 0.524 e. The average molecular weight is 326 g/mol. The molecule has 0 aliphatic carbocycles. The number of phosphoric acid groups is 1. The Kier molecular flexibility index (Phi) is 4.30. The fraction of sp³-hybridized carbons (Fsp3) is 0. The molecule has 5 heteroatoms. The number of hydrogen-bond donors (Lipinski definition) is 2. The van der Waals surface area contributed by atoms with E-state index < -0.39 is 7.82 Å². The zero-order valence-corrected chi connectivity index (χ0v) is 13.1. The van der Waals surface area contributed by atoms with E-state index in [0.29, 0.717) is 0 Å². The lowest BCUT2D eigenvalue weighted by molar-refractivity contribution is 0.283. The lowest BCUT2D eigenvalue weighted by Gasteiger charge is -2.08. The standard InChI is InChI=1S/C18H15O4P/c19-23(20,21)22-18-12-10-17(11-13-18)16-8-6-15(7-9-16)14-4-2-1-3-5-14/h1-13H,(H2,19,20,21). The van der Waals surface area contributed by atoms with Crippen LogP contribution in [0.25, 0.3) is 22.3 Å². The molecule has 116 valence electrons. The molecule has 3 rings (SSSR count). The molecule has 23 heavy (non-hydrogen) atoms. The van der Waals surface area contributed by atoms with Crippen molar-refractivity contribution < 1.29 is 18.9 Å². The first kappa shape index (κ1) is 15.5. The van der Waals surface area contributed by atoms with E-state index in [-0.39, 0.29) is 5.75 Å². The van der Waals surface area contributed by atoms with E-state index in [0.717, 1.165) is 22.3 Å². The molecule has 0 bridgehead atoms. The Morgan fingerprint density at radius 1 is 0.609 bits per heavy atom. The molecule has 4 nitrogen and oxygen atoms in total. The first-order valence-corrected chi connectivity index (χ1v) is 8.55. The van der Waals surface area contributed by atoms with Gasteiger partial charge in [-0.25, -0.2) is 4.57 Å². The molecule has 0 unspecified atom stereocenters. The molecule has 0 fully saturated rings. The normalized spacial score (nSPS) is 11.2. The highest BCUT2D eigenvalue weighted by atomic mass is 31.2. The molecule has 0 atom stereocenters. The maximum atomic E-state index is 10.8. The quantitative estimate of drug-likeness (QED) is 0.693. The molecule has 0 radical (unpaired) electrons. The first-order valence-electron chi connectivity index (χ1n) is 7.02. The summed E-state index contributed by atoms with van der Waals surface area (Å²) in [5, 5.41) is 0. The molecule has 0 aliphatic rings. The summed E-state index contributed by atoms with van der Waals surface area (Å²) in [5.41, 5.74) is 4.26. The summed E-state index contributed by atoms with van der Waals surface area (Å²) in [6, 6.07) is 24.8. The van der Waals surface area contributed by atoms with Crippen LogP contribution in [0.5, 0.6) is 5.75 Å². The predicted octanol–water partition coefficient (Wildman–Crippen LogP) is 4.49. The SMILES string of the molecule is O=P(O)(O)Oc1ccc(-c2ccc(-c3ccccc3)cc2)cc1. The average Bonchev–Trinajstić information content (AvgIpc) is 2.55.